The second-order valence-electron chi connectivity index (χ2n) is 5.87. The number of fused-ring (bicyclic) bond motifs is 1. The van der Waals surface area contributed by atoms with Crippen LogP contribution in [0.1, 0.15) is 23.2 Å². The van der Waals surface area contributed by atoms with Crippen molar-refractivity contribution in [1.29, 1.82) is 0 Å². The van der Waals surface area contributed by atoms with E-state index in [-0.39, 0.29) is 0 Å². The molecule has 2 heterocycles. The predicted molar refractivity (Wildman–Crippen MR) is 99.6 cm³/mol. The maximum atomic E-state index is 5.44. The lowest BCUT2D eigenvalue weighted by Gasteiger charge is -2.09. The minimum Gasteiger partial charge on any atom is -0.493 e. The molecule has 8 nitrogen and oxygen atoms in total. The minimum absolute atomic E-state index is 0.396. The van der Waals surface area contributed by atoms with E-state index in [0.29, 0.717) is 22.1 Å². The monoisotopic (exact) mass is 370 g/mol. The second-order valence-corrected chi connectivity index (χ2v) is 6.26. The first-order valence-electron chi connectivity index (χ1n) is 8.22. The number of hydrogen-bond donors (Lipinski definition) is 2. The highest BCUT2D eigenvalue weighted by atomic mass is 32.1. The SMILES string of the molecule is COc1cccc(C=Nn2c(-c3n[nH]c4c3CCC4)n[nH]c2=S)c1OC. The van der Waals surface area contributed by atoms with Gasteiger partial charge in [0.2, 0.25) is 10.6 Å². The summed E-state index contributed by atoms with van der Waals surface area (Å²) in [4.78, 5) is 0. The lowest BCUT2D eigenvalue weighted by molar-refractivity contribution is 0.354. The summed E-state index contributed by atoms with van der Waals surface area (Å²) in [7, 11) is 3.19. The van der Waals surface area contributed by atoms with E-state index in [0.717, 1.165) is 30.5 Å². The fourth-order valence-corrected chi connectivity index (χ4v) is 3.37. The Bertz CT molecular complexity index is 1030. The van der Waals surface area contributed by atoms with E-state index in [1.54, 1.807) is 25.1 Å². The normalized spacial score (nSPS) is 13.3. The molecule has 0 saturated carbocycles. The van der Waals surface area contributed by atoms with Crippen LogP contribution in [0.15, 0.2) is 23.3 Å². The maximum absolute atomic E-state index is 5.44. The molecule has 0 aliphatic heterocycles. The maximum Gasteiger partial charge on any atom is 0.216 e. The summed E-state index contributed by atoms with van der Waals surface area (Å²) in [5.74, 6) is 1.83. The van der Waals surface area contributed by atoms with Gasteiger partial charge in [-0.1, -0.05) is 6.07 Å². The molecule has 3 aromatic rings. The fourth-order valence-electron chi connectivity index (χ4n) is 3.19. The zero-order valence-electron chi connectivity index (χ0n) is 14.4. The van der Waals surface area contributed by atoms with Crippen molar-refractivity contribution in [2.75, 3.05) is 14.2 Å². The number of aromatic nitrogens is 5. The number of aryl methyl sites for hydroxylation is 1. The molecular formula is C17H18N6O2S. The van der Waals surface area contributed by atoms with Crippen molar-refractivity contribution in [3.63, 3.8) is 0 Å². The highest BCUT2D eigenvalue weighted by Crippen LogP contribution is 2.31. The standard InChI is InChI=1S/C17H18N6O2S/c1-24-13-8-3-5-10(15(13)25-2)9-18-23-16(21-22-17(23)26)14-11-6-4-7-12(11)19-20-14/h3,5,8-9H,4,6-7H2,1-2H3,(H,19,20)(H,22,26). The molecule has 0 spiro atoms. The van der Waals surface area contributed by atoms with Gasteiger partial charge in [-0.3, -0.25) is 5.10 Å². The largest absolute Gasteiger partial charge is 0.493 e. The van der Waals surface area contributed by atoms with Crippen molar-refractivity contribution in [3.05, 3.63) is 39.8 Å². The first-order valence-corrected chi connectivity index (χ1v) is 8.63. The highest BCUT2D eigenvalue weighted by Gasteiger charge is 2.23. The zero-order chi connectivity index (χ0) is 18.1. The number of rotatable bonds is 5. The number of H-pyrrole nitrogens is 2. The number of para-hydroxylation sites is 1. The first kappa shape index (κ1) is 16.5. The molecule has 0 saturated heterocycles. The van der Waals surface area contributed by atoms with Gasteiger partial charge in [-0.15, -0.1) is 0 Å². The summed E-state index contributed by atoms with van der Waals surface area (Å²) >= 11 is 5.34. The van der Waals surface area contributed by atoms with E-state index in [4.69, 9.17) is 21.7 Å². The topological polar surface area (TPSA) is 93.1 Å². The van der Waals surface area contributed by atoms with Gasteiger partial charge in [0, 0.05) is 16.8 Å². The number of hydrogen-bond acceptors (Lipinski definition) is 6. The van der Waals surface area contributed by atoms with Gasteiger partial charge in [0.1, 0.15) is 5.69 Å². The van der Waals surface area contributed by atoms with E-state index >= 15 is 0 Å². The molecule has 0 unspecified atom stereocenters. The predicted octanol–water partition coefficient (Wildman–Crippen LogP) is 2.72. The number of nitrogens with zero attached hydrogens (tertiary/aromatic N) is 4. The average molecular weight is 370 g/mol. The molecule has 134 valence electrons. The summed E-state index contributed by atoms with van der Waals surface area (Å²) in [5.41, 5.74) is 3.92. The van der Waals surface area contributed by atoms with E-state index in [2.05, 4.69) is 25.5 Å². The van der Waals surface area contributed by atoms with Gasteiger partial charge in [0.15, 0.2) is 11.5 Å². The summed E-state index contributed by atoms with van der Waals surface area (Å²) in [5, 5.41) is 19.1. The molecule has 1 aliphatic carbocycles. The van der Waals surface area contributed by atoms with Crippen LogP contribution in [-0.2, 0) is 12.8 Å². The Morgan fingerprint density at radius 1 is 1.19 bits per heavy atom. The van der Waals surface area contributed by atoms with Crippen molar-refractivity contribution in [1.82, 2.24) is 25.1 Å². The number of aromatic amines is 2. The van der Waals surface area contributed by atoms with Gasteiger partial charge in [-0.05, 0) is 43.6 Å². The van der Waals surface area contributed by atoms with Crippen LogP contribution in [0.3, 0.4) is 0 Å². The third kappa shape index (κ3) is 2.70. The van der Waals surface area contributed by atoms with Gasteiger partial charge < -0.3 is 9.47 Å². The summed E-state index contributed by atoms with van der Waals surface area (Å²) in [6.07, 6.45) is 4.78. The van der Waals surface area contributed by atoms with Crippen molar-refractivity contribution < 1.29 is 9.47 Å². The van der Waals surface area contributed by atoms with Crippen LogP contribution in [0.25, 0.3) is 11.5 Å². The highest BCUT2D eigenvalue weighted by molar-refractivity contribution is 7.71. The Hall–Kier alpha value is -2.94. The minimum atomic E-state index is 0.396. The van der Waals surface area contributed by atoms with Crippen LogP contribution in [0.2, 0.25) is 0 Å². The molecular weight excluding hydrogens is 352 g/mol. The molecule has 2 aromatic heterocycles. The molecule has 2 N–H and O–H groups in total. The summed E-state index contributed by atoms with van der Waals surface area (Å²) < 4.78 is 12.7. The Balaban J connectivity index is 1.75. The molecule has 4 rings (SSSR count). The smallest absolute Gasteiger partial charge is 0.216 e. The summed E-state index contributed by atoms with van der Waals surface area (Å²) in [6, 6.07) is 5.59. The molecule has 0 bridgehead atoms. The summed E-state index contributed by atoms with van der Waals surface area (Å²) in [6.45, 7) is 0. The second kappa shape index (κ2) is 6.75. The van der Waals surface area contributed by atoms with Gasteiger partial charge in [0.25, 0.3) is 0 Å². The lowest BCUT2D eigenvalue weighted by atomic mass is 10.2. The molecule has 0 atom stereocenters. The quantitative estimate of drug-likeness (QED) is 0.532. The molecule has 1 aromatic carbocycles. The van der Waals surface area contributed by atoms with Crippen molar-refractivity contribution in [2.24, 2.45) is 5.10 Å². The van der Waals surface area contributed by atoms with Crippen LogP contribution in [0.4, 0.5) is 0 Å². The van der Waals surface area contributed by atoms with Gasteiger partial charge >= 0.3 is 0 Å². The molecule has 26 heavy (non-hydrogen) atoms. The van der Waals surface area contributed by atoms with Crippen LogP contribution in [-0.4, -0.2) is 45.5 Å². The van der Waals surface area contributed by atoms with Crippen LogP contribution in [0, 0.1) is 4.77 Å². The van der Waals surface area contributed by atoms with Crippen molar-refractivity contribution in [3.8, 4) is 23.0 Å². The lowest BCUT2D eigenvalue weighted by Crippen LogP contribution is -1.99. The molecule has 1 aliphatic rings. The van der Waals surface area contributed by atoms with E-state index in [1.165, 1.54) is 11.3 Å². The van der Waals surface area contributed by atoms with E-state index in [1.807, 2.05) is 18.2 Å². The zero-order valence-corrected chi connectivity index (χ0v) is 15.3. The third-order valence-corrected chi connectivity index (χ3v) is 4.68. The Morgan fingerprint density at radius 2 is 2.08 bits per heavy atom. The molecule has 9 heteroatoms. The molecule has 0 radical (unpaired) electrons. The molecule has 0 fully saturated rings. The van der Waals surface area contributed by atoms with Crippen LogP contribution >= 0.6 is 12.2 Å². The third-order valence-electron chi connectivity index (χ3n) is 4.41. The van der Waals surface area contributed by atoms with E-state index < -0.39 is 0 Å². The Labute approximate surface area is 154 Å². The van der Waals surface area contributed by atoms with Gasteiger partial charge in [-0.25, -0.2) is 5.10 Å². The van der Waals surface area contributed by atoms with Gasteiger partial charge in [0.05, 0.1) is 20.4 Å². The average Bonchev–Trinajstić information content (AvgIpc) is 3.35. The van der Waals surface area contributed by atoms with Crippen LogP contribution in [0.5, 0.6) is 11.5 Å². The van der Waals surface area contributed by atoms with Crippen LogP contribution < -0.4 is 9.47 Å². The van der Waals surface area contributed by atoms with Gasteiger partial charge in [-0.2, -0.15) is 20.0 Å². The van der Waals surface area contributed by atoms with Crippen molar-refractivity contribution >= 4 is 18.4 Å². The number of benzene rings is 1. The fraction of sp³-hybridized carbons (Fsp3) is 0.294. The Morgan fingerprint density at radius 3 is 2.88 bits per heavy atom. The molecule has 0 amide bonds. The first-order chi connectivity index (χ1) is 12.7. The van der Waals surface area contributed by atoms with Crippen molar-refractivity contribution in [2.45, 2.75) is 19.3 Å². The van der Waals surface area contributed by atoms with E-state index in [9.17, 15) is 0 Å². The Kier molecular flexibility index (Phi) is 4.29. The number of methoxy groups -OCH3 is 2. The number of ether oxygens (including phenoxy) is 2. The number of nitrogens with one attached hydrogen (secondary N) is 2.